The Kier molecular flexibility index (Phi) is 3.55. The lowest BCUT2D eigenvalue weighted by molar-refractivity contribution is 0.0688. The number of aromatic nitrogens is 2. The molecule has 0 saturated carbocycles. The van der Waals surface area contributed by atoms with E-state index in [1.807, 2.05) is 25.3 Å². The second-order valence-electron chi connectivity index (χ2n) is 5.47. The SMILES string of the molecule is CCc1nc2ccc(N3CCN(C)CC3)cn2c1C(=O)O. The van der Waals surface area contributed by atoms with E-state index >= 15 is 0 Å². The number of aromatic carboxylic acids is 1. The first-order valence-corrected chi connectivity index (χ1v) is 7.28. The molecule has 1 aliphatic rings. The van der Waals surface area contributed by atoms with Gasteiger partial charge in [-0.2, -0.15) is 0 Å². The lowest BCUT2D eigenvalue weighted by Gasteiger charge is -2.34. The van der Waals surface area contributed by atoms with Gasteiger partial charge in [0.15, 0.2) is 5.69 Å². The van der Waals surface area contributed by atoms with E-state index in [0.29, 0.717) is 17.8 Å². The summed E-state index contributed by atoms with van der Waals surface area (Å²) in [5.41, 5.74) is 2.67. The van der Waals surface area contributed by atoms with E-state index in [4.69, 9.17) is 0 Å². The smallest absolute Gasteiger partial charge is 0.354 e. The molecule has 0 atom stereocenters. The van der Waals surface area contributed by atoms with E-state index in [9.17, 15) is 9.90 Å². The van der Waals surface area contributed by atoms with Gasteiger partial charge in [0.05, 0.1) is 11.4 Å². The second-order valence-corrected chi connectivity index (χ2v) is 5.47. The summed E-state index contributed by atoms with van der Waals surface area (Å²) in [5.74, 6) is -0.921. The zero-order valence-corrected chi connectivity index (χ0v) is 12.4. The third-order valence-corrected chi connectivity index (χ3v) is 4.08. The Morgan fingerprint density at radius 3 is 2.62 bits per heavy atom. The third-order valence-electron chi connectivity index (χ3n) is 4.08. The van der Waals surface area contributed by atoms with Gasteiger partial charge in [0.1, 0.15) is 5.65 Å². The van der Waals surface area contributed by atoms with E-state index in [1.54, 1.807) is 4.40 Å². The number of hydrogen-bond acceptors (Lipinski definition) is 4. The number of carboxylic acid groups (broad SMARTS) is 1. The van der Waals surface area contributed by atoms with E-state index in [2.05, 4.69) is 21.8 Å². The van der Waals surface area contributed by atoms with Gasteiger partial charge in [0.2, 0.25) is 0 Å². The number of aryl methyl sites for hydroxylation is 1. The van der Waals surface area contributed by atoms with Gasteiger partial charge in [0, 0.05) is 32.4 Å². The molecule has 6 heteroatoms. The molecule has 0 aliphatic carbocycles. The van der Waals surface area contributed by atoms with Gasteiger partial charge in [0.25, 0.3) is 0 Å². The summed E-state index contributed by atoms with van der Waals surface area (Å²) in [6.07, 6.45) is 2.52. The fraction of sp³-hybridized carbons (Fsp3) is 0.467. The maximum Gasteiger partial charge on any atom is 0.354 e. The van der Waals surface area contributed by atoms with Crippen LogP contribution in [-0.4, -0.2) is 58.6 Å². The highest BCUT2D eigenvalue weighted by atomic mass is 16.4. The average Bonchev–Trinajstić information content (AvgIpc) is 2.85. The minimum absolute atomic E-state index is 0.281. The number of carbonyl (C=O) groups is 1. The van der Waals surface area contributed by atoms with Crippen molar-refractivity contribution < 1.29 is 9.90 Å². The van der Waals surface area contributed by atoms with Gasteiger partial charge in [-0.3, -0.25) is 4.40 Å². The lowest BCUT2D eigenvalue weighted by atomic mass is 10.2. The number of rotatable bonds is 3. The van der Waals surface area contributed by atoms with Crippen LogP contribution in [0.2, 0.25) is 0 Å². The molecule has 1 fully saturated rings. The zero-order valence-electron chi connectivity index (χ0n) is 12.4. The number of carboxylic acids is 1. The van der Waals surface area contributed by atoms with Gasteiger partial charge in [-0.25, -0.2) is 9.78 Å². The summed E-state index contributed by atoms with van der Waals surface area (Å²) in [6, 6.07) is 3.93. The van der Waals surface area contributed by atoms with Crippen molar-refractivity contribution in [3.8, 4) is 0 Å². The van der Waals surface area contributed by atoms with Crippen LogP contribution in [0.25, 0.3) is 5.65 Å². The van der Waals surface area contributed by atoms with Crippen LogP contribution in [-0.2, 0) is 6.42 Å². The van der Waals surface area contributed by atoms with E-state index in [1.165, 1.54) is 0 Å². The average molecular weight is 288 g/mol. The van der Waals surface area contributed by atoms with Gasteiger partial charge in [-0.15, -0.1) is 0 Å². The van der Waals surface area contributed by atoms with Crippen molar-refractivity contribution >= 4 is 17.3 Å². The zero-order chi connectivity index (χ0) is 15.0. The number of hydrogen-bond donors (Lipinski definition) is 1. The molecule has 0 spiro atoms. The maximum absolute atomic E-state index is 11.5. The molecule has 0 radical (unpaired) electrons. The van der Waals surface area contributed by atoms with Crippen LogP contribution in [0.4, 0.5) is 5.69 Å². The van der Waals surface area contributed by atoms with Crippen LogP contribution in [0, 0.1) is 0 Å². The number of likely N-dealkylation sites (N-methyl/N-ethyl adjacent to an activating group) is 1. The quantitative estimate of drug-likeness (QED) is 0.923. The molecule has 2 aromatic rings. The molecule has 0 unspecified atom stereocenters. The summed E-state index contributed by atoms with van der Waals surface area (Å²) in [4.78, 5) is 20.5. The molecule has 21 heavy (non-hydrogen) atoms. The monoisotopic (exact) mass is 288 g/mol. The van der Waals surface area contributed by atoms with Crippen LogP contribution in [0.5, 0.6) is 0 Å². The van der Waals surface area contributed by atoms with Crippen molar-refractivity contribution in [1.29, 1.82) is 0 Å². The standard InChI is InChI=1S/C15H20N4O2/c1-3-12-14(15(20)21)19-10-11(4-5-13(19)16-12)18-8-6-17(2)7-9-18/h4-5,10H,3,6-9H2,1-2H3,(H,20,21). The maximum atomic E-state index is 11.5. The molecule has 2 aromatic heterocycles. The molecule has 0 amide bonds. The molecule has 3 heterocycles. The van der Waals surface area contributed by atoms with Crippen molar-refractivity contribution in [2.75, 3.05) is 38.1 Å². The summed E-state index contributed by atoms with van der Waals surface area (Å²) in [5, 5.41) is 9.44. The van der Waals surface area contributed by atoms with Crippen LogP contribution in [0.15, 0.2) is 18.3 Å². The molecular weight excluding hydrogens is 268 g/mol. The Hall–Kier alpha value is -2.08. The molecule has 112 valence electrons. The molecule has 3 rings (SSSR count). The Morgan fingerprint density at radius 2 is 2.00 bits per heavy atom. The summed E-state index contributed by atoms with van der Waals surface area (Å²) >= 11 is 0. The van der Waals surface area contributed by atoms with Crippen LogP contribution >= 0.6 is 0 Å². The molecule has 1 aliphatic heterocycles. The Morgan fingerprint density at radius 1 is 1.29 bits per heavy atom. The molecule has 6 nitrogen and oxygen atoms in total. The van der Waals surface area contributed by atoms with Crippen molar-refractivity contribution in [3.05, 3.63) is 29.7 Å². The number of fused-ring (bicyclic) bond motifs is 1. The fourth-order valence-corrected chi connectivity index (χ4v) is 2.81. The number of imidazole rings is 1. The lowest BCUT2D eigenvalue weighted by Crippen LogP contribution is -2.44. The second kappa shape index (κ2) is 5.37. The highest BCUT2D eigenvalue weighted by Gasteiger charge is 2.19. The van der Waals surface area contributed by atoms with E-state index in [-0.39, 0.29) is 5.69 Å². The Balaban J connectivity index is 2.02. The van der Waals surface area contributed by atoms with Crippen molar-refractivity contribution in [2.45, 2.75) is 13.3 Å². The number of pyridine rings is 1. The van der Waals surface area contributed by atoms with Gasteiger partial charge >= 0.3 is 5.97 Å². The third kappa shape index (κ3) is 2.47. The molecule has 1 N–H and O–H groups in total. The van der Waals surface area contributed by atoms with Gasteiger partial charge < -0.3 is 14.9 Å². The van der Waals surface area contributed by atoms with Crippen LogP contribution in [0.3, 0.4) is 0 Å². The Bertz CT molecular complexity index is 672. The minimum Gasteiger partial charge on any atom is -0.477 e. The summed E-state index contributed by atoms with van der Waals surface area (Å²) < 4.78 is 1.70. The highest BCUT2D eigenvalue weighted by Crippen LogP contribution is 2.21. The fourth-order valence-electron chi connectivity index (χ4n) is 2.81. The highest BCUT2D eigenvalue weighted by molar-refractivity contribution is 5.88. The molecular formula is C15H20N4O2. The van der Waals surface area contributed by atoms with Gasteiger partial charge in [-0.05, 0) is 25.6 Å². The first-order valence-electron chi connectivity index (χ1n) is 7.28. The van der Waals surface area contributed by atoms with E-state index < -0.39 is 5.97 Å². The molecule has 1 saturated heterocycles. The van der Waals surface area contributed by atoms with Crippen LogP contribution in [0.1, 0.15) is 23.1 Å². The van der Waals surface area contributed by atoms with Crippen molar-refractivity contribution in [2.24, 2.45) is 0 Å². The summed E-state index contributed by atoms with van der Waals surface area (Å²) in [7, 11) is 2.12. The number of piperazine rings is 1. The minimum atomic E-state index is -0.921. The predicted octanol–water partition coefficient (Wildman–Crippen LogP) is 1.35. The van der Waals surface area contributed by atoms with E-state index in [0.717, 1.165) is 31.9 Å². The molecule has 0 bridgehead atoms. The van der Waals surface area contributed by atoms with Gasteiger partial charge in [-0.1, -0.05) is 6.92 Å². The Labute approximate surface area is 123 Å². The normalized spacial score (nSPS) is 16.6. The molecule has 0 aromatic carbocycles. The van der Waals surface area contributed by atoms with Crippen LogP contribution < -0.4 is 4.90 Å². The number of nitrogens with zero attached hydrogens (tertiary/aromatic N) is 4. The first kappa shape index (κ1) is 13.9. The topological polar surface area (TPSA) is 61.1 Å². The number of anilines is 1. The van der Waals surface area contributed by atoms with Crippen molar-refractivity contribution in [3.63, 3.8) is 0 Å². The largest absolute Gasteiger partial charge is 0.477 e. The summed E-state index contributed by atoms with van der Waals surface area (Å²) in [6.45, 7) is 5.89. The predicted molar refractivity (Wildman–Crippen MR) is 81.2 cm³/mol. The first-order chi connectivity index (χ1) is 10.1. The van der Waals surface area contributed by atoms with Crippen molar-refractivity contribution in [1.82, 2.24) is 14.3 Å².